The van der Waals surface area contributed by atoms with Gasteiger partial charge in [-0.2, -0.15) is 0 Å². The molecule has 5 rings (SSSR count). The molecule has 0 radical (unpaired) electrons. The average Bonchev–Trinajstić information content (AvgIpc) is 3.17. The molecule has 3 aromatic rings. The molecule has 0 spiro atoms. The van der Waals surface area contributed by atoms with E-state index in [4.69, 9.17) is 18.6 Å². The van der Waals surface area contributed by atoms with Gasteiger partial charge in [0.05, 0.1) is 24.7 Å². The van der Waals surface area contributed by atoms with Crippen LogP contribution in [0.2, 0.25) is 0 Å². The van der Waals surface area contributed by atoms with Crippen molar-refractivity contribution in [3.8, 4) is 34.1 Å². The predicted molar refractivity (Wildman–Crippen MR) is 105 cm³/mol. The number of ether oxygens (including phenoxy) is 3. The zero-order valence-corrected chi connectivity index (χ0v) is 15.7. The standard InChI is InChI=1S/C22H18O7/c1-10(8-23)16-6-13-15(28-16)4-3-11-21(25)20-12-5-18(26-2)14(24)7-17(12)27-9-19(20)29-22(11)13/h3-5,7,16,23-24H,1,6,8-9H2,2H3/t16-/m0/s1. The van der Waals surface area contributed by atoms with Crippen LogP contribution in [0.3, 0.4) is 0 Å². The number of aromatic hydroxyl groups is 1. The molecule has 0 saturated heterocycles. The van der Waals surface area contributed by atoms with E-state index in [-0.39, 0.29) is 36.2 Å². The molecule has 0 amide bonds. The molecule has 0 fully saturated rings. The summed E-state index contributed by atoms with van der Waals surface area (Å²) in [5, 5.41) is 19.8. The first-order valence-electron chi connectivity index (χ1n) is 9.12. The number of phenols is 1. The largest absolute Gasteiger partial charge is 0.504 e. The Morgan fingerprint density at radius 2 is 2.14 bits per heavy atom. The molecule has 0 saturated carbocycles. The molecule has 2 aliphatic heterocycles. The van der Waals surface area contributed by atoms with Crippen molar-refractivity contribution in [2.75, 3.05) is 13.7 Å². The van der Waals surface area contributed by atoms with Crippen molar-refractivity contribution in [3.05, 3.63) is 58.0 Å². The van der Waals surface area contributed by atoms with Crippen LogP contribution in [-0.4, -0.2) is 30.0 Å². The molecule has 1 atom stereocenters. The number of fused-ring (bicyclic) bond motifs is 6. The maximum atomic E-state index is 13.4. The van der Waals surface area contributed by atoms with Gasteiger partial charge in [-0.1, -0.05) is 6.58 Å². The van der Waals surface area contributed by atoms with Crippen LogP contribution in [0.25, 0.3) is 22.1 Å². The summed E-state index contributed by atoms with van der Waals surface area (Å²) < 4.78 is 22.9. The highest BCUT2D eigenvalue weighted by atomic mass is 16.5. The van der Waals surface area contributed by atoms with E-state index >= 15 is 0 Å². The minimum atomic E-state index is -0.355. The number of aliphatic hydroxyl groups excluding tert-OH is 1. The van der Waals surface area contributed by atoms with Crippen molar-refractivity contribution in [2.45, 2.75) is 19.1 Å². The fraction of sp³-hybridized carbons (Fsp3) is 0.227. The van der Waals surface area contributed by atoms with Crippen molar-refractivity contribution in [1.29, 1.82) is 0 Å². The Hall–Kier alpha value is -3.45. The van der Waals surface area contributed by atoms with E-state index in [0.717, 1.165) is 5.56 Å². The Morgan fingerprint density at radius 1 is 1.31 bits per heavy atom. The summed E-state index contributed by atoms with van der Waals surface area (Å²) in [5.41, 5.74) is 2.52. The number of phenolic OH excluding ortho intramolecular Hbond substituents is 1. The summed E-state index contributed by atoms with van der Waals surface area (Å²) in [5.74, 6) is 1.59. The van der Waals surface area contributed by atoms with Crippen molar-refractivity contribution >= 4 is 11.0 Å². The van der Waals surface area contributed by atoms with Gasteiger partial charge in [0.1, 0.15) is 29.8 Å². The summed E-state index contributed by atoms with van der Waals surface area (Å²) in [6.45, 7) is 3.73. The van der Waals surface area contributed by atoms with Gasteiger partial charge in [-0.05, 0) is 23.8 Å². The number of aliphatic hydroxyl groups is 1. The molecule has 2 aromatic carbocycles. The molecule has 0 aliphatic carbocycles. The first-order valence-corrected chi connectivity index (χ1v) is 9.12. The Morgan fingerprint density at radius 3 is 2.90 bits per heavy atom. The molecule has 7 heteroatoms. The first-order chi connectivity index (χ1) is 14.0. The average molecular weight is 394 g/mol. The maximum absolute atomic E-state index is 13.4. The Balaban J connectivity index is 1.72. The molecule has 7 nitrogen and oxygen atoms in total. The molecule has 3 heterocycles. The summed E-state index contributed by atoms with van der Waals surface area (Å²) in [4.78, 5) is 13.4. The molecule has 0 bridgehead atoms. The van der Waals surface area contributed by atoms with Crippen molar-refractivity contribution in [2.24, 2.45) is 0 Å². The number of methoxy groups -OCH3 is 1. The van der Waals surface area contributed by atoms with Crippen LogP contribution >= 0.6 is 0 Å². The zero-order valence-electron chi connectivity index (χ0n) is 15.7. The highest BCUT2D eigenvalue weighted by Gasteiger charge is 2.31. The van der Waals surface area contributed by atoms with E-state index in [2.05, 4.69) is 6.58 Å². The topological polar surface area (TPSA) is 98.4 Å². The lowest BCUT2D eigenvalue weighted by atomic mass is 9.97. The van der Waals surface area contributed by atoms with Gasteiger partial charge in [-0.3, -0.25) is 4.79 Å². The van der Waals surface area contributed by atoms with E-state index in [9.17, 15) is 15.0 Å². The van der Waals surface area contributed by atoms with Gasteiger partial charge in [0.2, 0.25) is 5.43 Å². The molecule has 2 aliphatic rings. The van der Waals surface area contributed by atoms with E-state index in [0.29, 0.717) is 51.3 Å². The fourth-order valence-electron chi connectivity index (χ4n) is 3.90. The number of hydrogen-bond acceptors (Lipinski definition) is 7. The second-order valence-electron chi connectivity index (χ2n) is 7.08. The smallest absolute Gasteiger partial charge is 0.201 e. The highest BCUT2D eigenvalue weighted by Crippen LogP contribution is 2.44. The minimum absolute atomic E-state index is 0.0648. The van der Waals surface area contributed by atoms with Gasteiger partial charge in [0.25, 0.3) is 0 Å². The third kappa shape index (κ3) is 2.51. The monoisotopic (exact) mass is 394 g/mol. The van der Waals surface area contributed by atoms with Crippen LogP contribution < -0.4 is 19.6 Å². The Labute approximate surface area is 165 Å². The summed E-state index contributed by atoms with van der Waals surface area (Å²) >= 11 is 0. The van der Waals surface area contributed by atoms with Crippen LogP contribution in [0.15, 0.2) is 45.6 Å². The SMILES string of the molecule is C=C(CO)[C@@H]1Cc2c(ccc3c(=O)c4c(oc23)COc2cc(O)c(OC)cc2-4)O1. The predicted octanol–water partition coefficient (Wildman–Crippen LogP) is 2.92. The van der Waals surface area contributed by atoms with E-state index < -0.39 is 0 Å². The number of hydrogen-bond donors (Lipinski definition) is 2. The van der Waals surface area contributed by atoms with Crippen LogP contribution in [0.4, 0.5) is 0 Å². The zero-order chi connectivity index (χ0) is 20.3. The van der Waals surface area contributed by atoms with Crippen molar-refractivity contribution < 1.29 is 28.8 Å². The summed E-state index contributed by atoms with van der Waals surface area (Å²) in [7, 11) is 1.44. The van der Waals surface area contributed by atoms with Gasteiger partial charge >= 0.3 is 0 Å². The third-order valence-electron chi connectivity index (χ3n) is 5.42. The van der Waals surface area contributed by atoms with E-state index in [1.807, 2.05) is 0 Å². The fourth-order valence-corrected chi connectivity index (χ4v) is 3.90. The summed E-state index contributed by atoms with van der Waals surface area (Å²) in [6.07, 6.45) is 0.110. The molecular weight excluding hydrogens is 376 g/mol. The van der Waals surface area contributed by atoms with Crippen molar-refractivity contribution in [1.82, 2.24) is 0 Å². The molecule has 0 unspecified atom stereocenters. The molecule has 1 aromatic heterocycles. The van der Waals surface area contributed by atoms with Gasteiger partial charge in [-0.15, -0.1) is 0 Å². The second kappa shape index (κ2) is 6.28. The quantitative estimate of drug-likeness (QED) is 0.659. The van der Waals surface area contributed by atoms with Gasteiger partial charge in [0.15, 0.2) is 17.3 Å². The Kier molecular flexibility index (Phi) is 3.82. The number of rotatable bonds is 3. The summed E-state index contributed by atoms with van der Waals surface area (Å²) in [6, 6.07) is 6.42. The normalized spacial score (nSPS) is 16.4. The van der Waals surface area contributed by atoms with E-state index in [1.54, 1.807) is 18.2 Å². The number of benzene rings is 2. The molecule has 29 heavy (non-hydrogen) atoms. The Bertz CT molecular complexity index is 1240. The van der Waals surface area contributed by atoms with Gasteiger partial charge < -0.3 is 28.8 Å². The van der Waals surface area contributed by atoms with E-state index in [1.165, 1.54) is 13.2 Å². The lowest BCUT2D eigenvalue weighted by molar-refractivity contribution is 0.234. The lowest BCUT2D eigenvalue weighted by Crippen LogP contribution is -2.17. The van der Waals surface area contributed by atoms with Gasteiger partial charge in [-0.25, -0.2) is 0 Å². The van der Waals surface area contributed by atoms with Crippen LogP contribution in [-0.2, 0) is 13.0 Å². The molecular formula is C22H18O7. The lowest BCUT2D eigenvalue weighted by Gasteiger charge is -2.21. The van der Waals surface area contributed by atoms with Crippen LogP contribution in [0, 0.1) is 0 Å². The minimum Gasteiger partial charge on any atom is -0.504 e. The third-order valence-corrected chi connectivity index (χ3v) is 5.42. The molecule has 2 N–H and O–H groups in total. The second-order valence-corrected chi connectivity index (χ2v) is 7.08. The highest BCUT2D eigenvalue weighted by molar-refractivity contribution is 5.89. The van der Waals surface area contributed by atoms with Crippen molar-refractivity contribution in [3.63, 3.8) is 0 Å². The van der Waals surface area contributed by atoms with Gasteiger partial charge in [0, 0.05) is 23.6 Å². The maximum Gasteiger partial charge on any atom is 0.201 e. The van der Waals surface area contributed by atoms with Crippen LogP contribution in [0.1, 0.15) is 11.3 Å². The first kappa shape index (κ1) is 17.6. The van der Waals surface area contributed by atoms with Crippen LogP contribution in [0.5, 0.6) is 23.0 Å². The molecule has 148 valence electrons.